The van der Waals surface area contributed by atoms with E-state index in [9.17, 15) is 14.4 Å². The van der Waals surface area contributed by atoms with Gasteiger partial charge < -0.3 is 25.3 Å². The molecule has 4 aromatic rings. The number of anilines is 1. The highest BCUT2D eigenvalue weighted by atomic mass is 16.6. The number of alkyl carbamates (subject to hydrolysis) is 1. The zero-order valence-corrected chi connectivity index (χ0v) is 29.9. The maximum atomic E-state index is 13.8. The fourth-order valence-electron chi connectivity index (χ4n) is 6.22. The van der Waals surface area contributed by atoms with E-state index in [0.29, 0.717) is 17.7 Å². The highest BCUT2D eigenvalue weighted by Gasteiger charge is 2.21. The van der Waals surface area contributed by atoms with E-state index in [0.717, 1.165) is 84.7 Å². The number of nitrogens with one attached hydrogen (secondary N) is 3. The number of piperazine rings is 1. The lowest BCUT2D eigenvalue weighted by Gasteiger charge is -2.35. The number of nitrogens with zero attached hydrogens (tertiary/aromatic N) is 5. The van der Waals surface area contributed by atoms with Gasteiger partial charge in [-0.15, -0.1) is 0 Å². The first-order valence-electron chi connectivity index (χ1n) is 17.2. The number of aromatic nitrogens is 4. The van der Waals surface area contributed by atoms with E-state index in [-0.39, 0.29) is 24.1 Å². The van der Waals surface area contributed by atoms with Gasteiger partial charge in [0.15, 0.2) is 0 Å². The van der Waals surface area contributed by atoms with E-state index in [1.165, 1.54) is 0 Å². The number of carbonyl (C=O) groups is 2. The number of amides is 2. The minimum atomic E-state index is -0.512. The van der Waals surface area contributed by atoms with Crippen molar-refractivity contribution in [3.8, 4) is 11.1 Å². The van der Waals surface area contributed by atoms with Gasteiger partial charge >= 0.3 is 6.09 Å². The minimum Gasteiger partial charge on any atom is -0.444 e. The van der Waals surface area contributed by atoms with Crippen LogP contribution in [-0.2, 0) is 17.7 Å². The van der Waals surface area contributed by atoms with Gasteiger partial charge in [0.1, 0.15) is 11.4 Å². The summed E-state index contributed by atoms with van der Waals surface area (Å²) in [5.74, 6) is 0.633. The van der Waals surface area contributed by atoms with Gasteiger partial charge in [0.25, 0.3) is 11.5 Å². The number of hydrogen-bond acceptors (Lipinski definition) is 8. The molecule has 0 unspecified atom stereocenters. The van der Waals surface area contributed by atoms with Crippen molar-refractivity contribution in [2.45, 2.75) is 79.5 Å². The average molecular weight is 671 g/mol. The molecule has 0 saturated carbocycles. The number of carbonyl (C=O) groups excluding carboxylic acids is 2. The van der Waals surface area contributed by atoms with Crippen molar-refractivity contribution in [1.82, 2.24) is 35.3 Å². The fraction of sp³-hybridized carbons (Fsp3) is 0.486. The van der Waals surface area contributed by atoms with E-state index in [1.807, 2.05) is 62.8 Å². The Balaban J connectivity index is 1.29. The summed E-state index contributed by atoms with van der Waals surface area (Å²) < 4.78 is 7.24. The summed E-state index contributed by atoms with van der Waals surface area (Å²) in [6.45, 7) is 18.4. The molecule has 0 spiro atoms. The highest BCUT2D eigenvalue weighted by Crippen LogP contribution is 2.30. The summed E-state index contributed by atoms with van der Waals surface area (Å²) in [5.41, 5.74) is 4.79. The number of fused-ring (bicyclic) bond motifs is 1. The maximum absolute atomic E-state index is 13.8. The van der Waals surface area contributed by atoms with Crippen molar-refractivity contribution in [3.05, 3.63) is 75.5 Å². The Kier molecular flexibility index (Phi) is 11.1. The molecule has 0 bridgehead atoms. The lowest BCUT2D eigenvalue weighted by Crippen LogP contribution is -2.49. The molecule has 4 heterocycles. The Morgan fingerprint density at radius 2 is 1.78 bits per heavy atom. The first kappa shape index (κ1) is 35.6. The molecule has 5 rings (SSSR count). The lowest BCUT2D eigenvalue weighted by atomic mass is 10.00. The van der Waals surface area contributed by atoms with Crippen LogP contribution < -0.4 is 21.1 Å². The molecular formula is C37H50N8O4. The second kappa shape index (κ2) is 15.2. The summed E-state index contributed by atoms with van der Waals surface area (Å²) in [7, 11) is 0. The first-order valence-corrected chi connectivity index (χ1v) is 17.2. The van der Waals surface area contributed by atoms with E-state index in [1.54, 1.807) is 6.20 Å². The number of H-pyrrole nitrogens is 1. The van der Waals surface area contributed by atoms with Gasteiger partial charge in [0, 0.05) is 80.3 Å². The quantitative estimate of drug-likeness (QED) is 0.198. The summed E-state index contributed by atoms with van der Waals surface area (Å²) in [6.07, 6.45) is 4.87. The molecule has 3 N–H and O–H groups in total. The topological polar surface area (TPSA) is 137 Å². The summed E-state index contributed by atoms with van der Waals surface area (Å²) in [5, 5.41) is 11.2. The molecule has 2 amide bonds. The van der Waals surface area contributed by atoms with Crippen LogP contribution in [0.1, 0.15) is 81.2 Å². The Hall–Kier alpha value is -4.71. The zero-order valence-electron chi connectivity index (χ0n) is 29.9. The van der Waals surface area contributed by atoms with Crippen LogP contribution in [0, 0.1) is 6.92 Å². The third-order valence-electron chi connectivity index (χ3n) is 8.63. The van der Waals surface area contributed by atoms with Crippen LogP contribution in [0.25, 0.3) is 22.0 Å². The molecule has 3 aromatic heterocycles. The molecule has 1 fully saturated rings. The molecule has 1 aliphatic rings. The third kappa shape index (κ3) is 8.86. The third-order valence-corrected chi connectivity index (χ3v) is 8.63. The van der Waals surface area contributed by atoms with Gasteiger partial charge in [-0.1, -0.05) is 13.3 Å². The first-order chi connectivity index (χ1) is 23.3. The Labute approximate surface area is 288 Å². The molecule has 1 saturated heterocycles. The second-order valence-corrected chi connectivity index (χ2v) is 14.0. The summed E-state index contributed by atoms with van der Waals surface area (Å²) in [6, 6.07) is 10.1. The van der Waals surface area contributed by atoms with Crippen LogP contribution in [0.3, 0.4) is 0 Å². The average Bonchev–Trinajstić information content (AvgIpc) is 3.48. The largest absolute Gasteiger partial charge is 0.444 e. The van der Waals surface area contributed by atoms with Crippen LogP contribution in [-0.4, -0.2) is 81.5 Å². The second-order valence-electron chi connectivity index (χ2n) is 14.0. The molecule has 0 aliphatic carbocycles. The number of benzene rings is 1. The van der Waals surface area contributed by atoms with Crippen molar-refractivity contribution in [2.75, 3.05) is 44.2 Å². The molecule has 0 radical (unpaired) electrons. The van der Waals surface area contributed by atoms with Crippen molar-refractivity contribution < 1.29 is 14.3 Å². The zero-order chi connectivity index (χ0) is 35.3. The number of rotatable bonds is 11. The smallest absolute Gasteiger partial charge is 0.407 e. The van der Waals surface area contributed by atoms with Crippen LogP contribution in [0.4, 0.5) is 10.6 Å². The lowest BCUT2D eigenvalue weighted by molar-refractivity contribution is 0.0521. The van der Waals surface area contributed by atoms with Crippen molar-refractivity contribution >= 4 is 28.7 Å². The van der Waals surface area contributed by atoms with Crippen molar-refractivity contribution in [2.24, 2.45) is 0 Å². The normalized spacial score (nSPS) is 14.0. The van der Waals surface area contributed by atoms with Gasteiger partial charge in [-0.2, -0.15) is 5.10 Å². The van der Waals surface area contributed by atoms with Crippen molar-refractivity contribution in [1.29, 1.82) is 0 Å². The van der Waals surface area contributed by atoms with Gasteiger partial charge in [0.2, 0.25) is 0 Å². The molecular weight excluding hydrogens is 620 g/mol. The number of pyridine rings is 2. The molecule has 1 aliphatic heterocycles. The predicted octanol–water partition coefficient (Wildman–Crippen LogP) is 5.21. The molecule has 262 valence electrons. The maximum Gasteiger partial charge on any atom is 0.407 e. The van der Waals surface area contributed by atoms with Gasteiger partial charge in [0.05, 0.1) is 17.3 Å². The summed E-state index contributed by atoms with van der Waals surface area (Å²) >= 11 is 0. The van der Waals surface area contributed by atoms with Gasteiger partial charge in [-0.3, -0.25) is 19.2 Å². The highest BCUT2D eigenvalue weighted by molar-refractivity contribution is 6.08. The molecule has 0 atom stereocenters. The van der Waals surface area contributed by atoms with Crippen LogP contribution in [0.15, 0.2) is 47.5 Å². The van der Waals surface area contributed by atoms with E-state index in [4.69, 9.17) is 9.72 Å². The van der Waals surface area contributed by atoms with E-state index in [2.05, 4.69) is 57.4 Å². The van der Waals surface area contributed by atoms with Crippen LogP contribution in [0.5, 0.6) is 0 Å². The molecule has 49 heavy (non-hydrogen) atoms. The Morgan fingerprint density at radius 3 is 2.43 bits per heavy atom. The monoisotopic (exact) mass is 670 g/mol. The van der Waals surface area contributed by atoms with Crippen LogP contribution in [0.2, 0.25) is 0 Å². The fourth-order valence-corrected chi connectivity index (χ4v) is 6.22. The molecule has 12 heteroatoms. The van der Waals surface area contributed by atoms with E-state index >= 15 is 0 Å². The minimum absolute atomic E-state index is 0.0960. The SMILES string of the molecule is CCCc1cc(C)[nH]c(=O)c1CNC(=O)c1cc(-c2ccc(N3CCN(CCNC(=O)OC(C)(C)C)CC3)nc2)cc2c1cnn2C(C)C. The van der Waals surface area contributed by atoms with Gasteiger partial charge in [-0.25, -0.2) is 9.78 Å². The molecule has 12 nitrogen and oxygen atoms in total. The standard InChI is InChI=1S/C37H50N8O4/c1-8-9-26-18-25(4)42-35(47)30(26)22-40-34(46)29-19-28(20-32-31(29)23-41-45(32)24(2)3)27-10-11-33(39-21-27)44-16-14-43(15-17-44)13-12-38-36(48)49-37(5,6)7/h10-11,18-21,23-24H,8-9,12-17,22H2,1-7H3,(H,38,48)(H,40,46)(H,42,47). The summed E-state index contributed by atoms with van der Waals surface area (Å²) in [4.78, 5) is 50.8. The number of hydrogen-bond donors (Lipinski definition) is 3. The molecule has 1 aromatic carbocycles. The predicted molar refractivity (Wildman–Crippen MR) is 193 cm³/mol. The van der Waals surface area contributed by atoms with Crippen LogP contribution >= 0.6 is 0 Å². The number of aryl methyl sites for hydroxylation is 2. The van der Waals surface area contributed by atoms with Gasteiger partial charge in [-0.05, 0) is 89.4 Å². The number of aromatic amines is 1. The van der Waals surface area contributed by atoms with Crippen molar-refractivity contribution in [3.63, 3.8) is 0 Å². The van der Waals surface area contributed by atoms with E-state index < -0.39 is 11.7 Å². The number of ether oxygens (including phenoxy) is 1. The Bertz CT molecular complexity index is 1830. The Morgan fingerprint density at radius 1 is 1.02 bits per heavy atom.